The first-order valence-corrected chi connectivity index (χ1v) is 6.65. The number of oxime groups is 1. The van der Waals surface area contributed by atoms with Gasteiger partial charge in [0.25, 0.3) is 5.91 Å². The van der Waals surface area contributed by atoms with Crippen LogP contribution in [-0.2, 0) is 11.2 Å². The van der Waals surface area contributed by atoms with E-state index in [1.165, 1.54) is 0 Å². The molecule has 0 radical (unpaired) electrons. The molecule has 0 saturated carbocycles. The molecule has 20 heavy (non-hydrogen) atoms. The van der Waals surface area contributed by atoms with Crippen LogP contribution in [0.3, 0.4) is 0 Å². The lowest BCUT2D eigenvalue weighted by Crippen LogP contribution is -2.44. The molecule has 1 heterocycles. The maximum atomic E-state index is 12.2. The van der Waals surface area contributed by atoms with Gasteiger partial charge in [-0.05, 0) is 18.1 Å². The van der Waals surface area contributed by atoms with Crippen molar-refractivity contribution in [1.82, 2.24) is 5.32 Å². The quantitative estimate of drug-likeness (QED) is 0.324. The number of carbonyl (C=O) groups is 1. The molecule has 0 spiro atoms. The van der Waals surface area contributed by atoms with Crippen molar-refractivity contribution in [1.29, 1.82) is 0 Å². The Labute approximate surface area is 117 Å². The summed E-state index contributed by atoms with van der Waals surface area (Å²) in [5.41, 5.74) is 6.50. The molecule has 1 aliphatic heterocycles. The minimum atomic E-state index is -0.506. The molecule has 1 aliphatic rings. The number of hydrogen-bond donors (Lipinski definition) is 3. The fourth-order valence-electron chi connectivity index (χ4n) is 2.21. The molecule has 6 heteroatoms. The number of carbonyl (C=O) groups excluding carboxylic acids is 1. The molecule has 1 amide bonds. The summed E-state index contributed by atoms with van der Waals surface area (Å²) in [5, 5.41) is 14.4. The normalized spacial score (nSPS) is 19.1. The van der Waals surface area contributed by atoms with Crippen LogP contribution < -0.4 is 15.8 Å². The lowest BCUT2D eigenvalue weighted by atomic mass is 10.1. The molecule has 6 nitrogen and oxygen atoms in total. The maximum absolute atomic E-state index is 12.2. The third-order valence-electron chi connectivity index (χ3n) is 3.36. The predicted octanol–water partition coefficient (Wildman–Crippen LogP) is 1.02. The molecule has 2 atom stereocenters. The monoisotopic (exact) mass is 277 g/mol. The fraction of sp³-hybridized carbons (Fsp3) is 0.429. The second-order valence-corrected chi connectivity index (χ2v) is 4.83. The van der Waals surface area contributed by atoms with Gasteiger partial charge in [-0.15, -0.1) is 0 Å². The summed E-state index contributed by atoms with van der Waals surface area (Å²) in [6, 6.07) is 7.46. The first kappa shape index (κ1) is 14.2. The van der Waals surface area contributed by atoms with Crippen molar-refractivity contribution >= 4 is 11.7 Å². The van der Waals surface area contributed by atoms with Crippen LogP contribution in [0, 0.1) is 0 Å². The average Bonchev–Trinajstić information content (AvgIpc) is 2.90. The average molecular weight is 277 g/mol. The molecule has 1 aromatic rings. The SMILES string of the molecule is CCC(CC(N)=NO)NC(=O)C1Cc2ccccc2O1. The Morgan fingerprint density at radius 3 is 3.00 bits per heavy atom. The molecule has 0 aromatic heterocycles. The lowest BCUT2D eigenvalue weighted by molar-refractivity contribution is -0.127. The van der Waals surface area contributed by atoms with E-state index in [2.05, 4.69) is 10.5 Å². The van der Waals surface area contributed by atoms with Crippen molar-refractivity contribution in [2.45, 2.75) is 38.3 Å². The lowest BCUT2D eigenvalue weighted by Gasteiger charge is -2.18. The van der Waals surface area contributed by atoms with Crippen molar-refractivity contribution in [2.75, 3.05) is 0 Å². The third kappa shape index (κ3) is 3.20. The Morgan fingerprint density at radius 2 is 2.35 bits per heavy atom. The van der Waals surface area contributed by atoms with Gasteiger partial charge in [-0.25, -0.2) is 0 Å². The number of amides is 1. The summed E-state index contributed by atoms with van der Waals surface area (Å²) in [6.07, 6.45) is 1.08. The van der Waals surface area contributed by atoms with E-state index in [1.807, 2.05) is 31.2 Å². The van der Waals surface area contributed by atoms with Crippen LogP contribution in [0.4, 0.5) is 0 Å². The molecular formula is C14H19N3O3. The van der Waals surface area contributed by atoms with Crippen LogP contribution in [0.2, 0.25) is 0 Å². The van der Waals surface area contributed by atoms with E-state index >= 15 is 0 Å². The van der Waals surface area contributed by atoms with Crippen molar-refractivity contribution < 1.29 is 14.7 Å². The van der Waals surface area contributed by atoms with Crippen molar-refractivity contribution in [3.63, 3.8) is 0 Å². The molecule has 2 unspecified atom stereocenters. The Bertz CT molecular complexity index is 491. The molecule has 0 saturated heterocycles. The molecule has 4 N–H and O–H groups in total. The first-order valence-electron chi connectivity index (χ1n) is 6.65. The third-order valence-corrected chi connectivity index (χ3v) is 3.36. The predicted molar refractivity (Wildman–Crippen MR) is 74.8 cm³/mol. The molecule has 108 valence electrons. The second kappa shape index (κ2) is 6.27. The van der Waals surface area contributed by atoms with Gasteiger partial charge in [-0.2, -0.15) is 0 Å². The minimum absolute atomic E-state index is 0.104. The largest absolute Gasteiger partial charge is 0.480 e. The van der Waals surface area contributed by atoms with E-state index in [0.717, 1.165) is 11.3 Å². The van der Waals surface area contributed by atoms with E-state index in [9.17, 15) is 4.79 Å². The number of ether oxygens (including phenoxy) is 1. The number of rotatable bonds is 5. The summed E-state index contributed by atoms with van der Waals surface area (Å²) < 4.78 is 5.62. The highest BCUT2D eigenvalue weighted by Crippen LogP contribution is 2.28. The summed E-state index contributed by atoms with van der Waals surface area (Å²) in [6.45, 7) is 1.93. The van der Waals surface area contributed by atoms with Gasteiger partial charge in [-0.1, -0.05) is 30.3 Å². The highest BCUT2D eigenvalue weighted by Gasteiger charge is 2.29. The zero-order valence-corrected chi connectivity index (χ0v) is 11.4. The van der Waals surface area contributed by atoms with E-state index in [1.54, 1.807) is 0 Å². The van der Waals surface area contributed by atoms with Crippen molar-refractivity contribution in [2.24, 2.45) is 10.9 Å². The molecule has 0 bridgehead atoms. The summed E-state index contributed by atoms with van der Waals surface area (Å²) >= 11 is 0. The zero-order chi connectivity index (χ0) is 14.5. The highest BCUT2D eigenvalue weighted by molar-refractivity contribution is 5.84. The Hall–Kier alpha value is -2.24. The fourth-order valence-corrected chi connectivity index (χ4v) is 2.21. The van der Waals surface area contributed by atoms with E-state index in [-0.39, 0.29) is 17.8 Å². The first-order chi connectivity index (χ1) is 9.63. The van der Waals surface area contributed by atoms with Gasteiger partial charge in [0.1, 0.15) is 11.6 Å². The molecule has 1 aromatic carbocycles. The topological polar surface area (TPSA) is 96.9 Å². The number of nitrogens with zero attached hydrogens (tertiary/aromatic N) is 1. The van der Waals surface area contributed by atoms with Gasteiger partial charge < -0.3 is 21.0 Å². The summed E-state index contributed by atoms with van der Waals surface area (Å²) in [4.78, 5) is 12.2. The van der Waals surface area contributed by atoms with Crippen LogP contribution in [-0.4, -0.2) is 29.1 Å². The van der Waals surface area contributed by atoms with Crippen LogP contribution in [0.15, 0.2) is 29.4 Å². The number of amidine groups is 1. The Balaban J connectivity index is 1.93. The number of fused-ring (bicyclic) bond motifs is 1. The van der Waals surface area contributed by atoms with Crippen LogP contribution >= 0.6 is 0 Å². The minimum Gasteiger partial charge on any atom is -0.480 e. The van der Waals surface area contributed by atoms with Crippen LogP contribution in [0.1, 0.15) is 25.3 Å². The van der Waals surface area contributed by atoms with Crippen LogP contribution in [0.5, 0.6) is 5.75 Å². The van der Waals surface area contributed by atoms with Gasteiger partial charge >= 0.3 is 0 Å². The number of hydrogen-bond acceptors (Lipinski definition) is 4. The van der Waals surface area contributed by atoms with Crippen molar-refractivity contribution in [3.8, 4) is 5.75 Å². The maximum Gasteiger partial charge on any atom is 0.261 e. The molecule has 0 aliphatic carbocycles. The summed E-state index contributed by atoms with van der Waals surface area (Å²) in [5.74, 6) is 0.698. The van der Waals surface area contributed by atoms with Crippen molar-refractivity contribution in [3.05, 3.63) is 29.8 Å². The van der Waals surface area contributed by atoms with E-state index in [4.69, 9.17) is 15.7 Å². The van der Waals surface area contributed by atoms with E-state index < -0.39 is 6.10 Å². The number of benzene rings is 1. The Kier molecular flexibility index (Phi) is 4.45. The van der Waals surface area contributed by atoms with Crippen LogP contribution in [0.25, 0.3) is 0 Å². The van der Waals surface area contributed by atoms with Gasteiger partial charge in [0.2, 0.25) is 0 Å². The van der Waals surface area contributed by atoms with Gasteiger partial charge in [-0.3, -0.25) is 4.79 Å². The zero-order valence-electron chi connectivity index (χ0n) is 11.4. The van der Waals surface area contributed by atoms with Gasteiger partial charge in [0.05, 0.1) is 0 Å². The Morgan fingerprint density at radius 1 is 1.60 bits per heavy atom. The number of nitrogens with one attached hydrogen (secondary N) is 1. The molecular weight excluding hydrogens is 258 g/mol. The van der Waals surface area contributed by atoms with E-state index in [0.29, 0.717) is 19.3 Å². The van der Waals surface area contributed by atoms with Gasteiger partial charge in [0.15, 0.2) is 6.10 Å². The second-order valence-electron chi connectivity index (χ2n) is 4.83. The smallest absolute Gasteiger partial charge is 0.261 e. The molecule has 2 rings (SSSR count). The van der Waals surface area contributed by atoms with Gasteiger partial charge in [0, 0.05) is 18.9 Å². The standard InChI is InChI=1S/C14H19N3O3/c1-2-10(8-13(15)17-19)16-14(18)12-7-9-5-3-4-6-11(9)20-12/h3-6,10,12,19H,2,7-8H2,1H3,(H2,15,17)(H,16,18). The number of para-hydroxylation sites is 1. The summed E-state index contributed by atoms with van der Waals surface area (Å²) in [7, 11) is 0. The molecule has 0 fully saturated rings. The highest BCUT2D eigenvalue weighted by atomic mass is 16.5. The number of nitrogens with two attached hydrogens (primary N) is 1.